The summed E-state index contributed by atoms with van der Waals surface area (Å²) in [5.74, 6) is 0.690. The van der Waals surface area contributed by atoms with Crippen molar-refractivity contribution in [1.29, 1.82) is 0 Å². The minimum absolute atomic E-state index is 0.00333. The molecule has 1 aliphatic heterocycles. The summed E-state index contributed by atoms with van der Waals surface area (Å²) in [5.41, 5.74) is 0.249. The van der Waals surface area contributed by atoms with Crippen LogP contribution in [0.1, 0.15) is 12.5 Å². The van der Waals surface area contributed by atoms with E-state index in [1.807, 2.05) is 38.3 Å². The highest BCUT2D eigenvalue weighted by Crippen LogP contribution is 2.21. The van der Waals surface area contributed by atoms with Gasteiger partial charge in [0.1, 0.15) is 0 Å². The Labute approximate surface area is 131 Å². The molecule has 1 amide bonds. The zero-order valence-corrected chi connectivity index (χ0v) is 14.0. The number of morpholine rings is 1. The summed E-state index contributed by atoms with van der Waals surface area (Å²) < 4.78 is 5.74. The molecule has 1 fully saturated rings. The van der Waals surface area contributed by atoms with Gasteiger partial charge in [-0.3, -0.25) is 9.69 Å². The summed E-state index contributed by atoms with van der Waals surface area (Å²) >= 11 is 0. The van der Waals surface area contributed by atoms with Crippen LogP contribution in [0.25, 0.3) is 0 Å². The molecule has 1 aliphatic rings. The van der Waals surface area contributed by atoms with E-state index >= 15 is 0 Å². The Bertz CT molecular complexity index is 517. The molecule has 1 aromatic rings. The predicted molar refractivity (Wildman–Crippen MR) is 84.7 cm³/mol. The molecular formula is C15H25N5O2. The number of rotatable bonds is 4. The molecule has 1 atom stereocenters. The van der Waals surface area contributed by atoms with Gasteiger partial charge in [0, 0.05) is 65.8 Å². The van der Waals surface area contributed by atoms with E-state index < -0.39 is 5.60 Å². The lowest BCUT2D eigenvalue weighted by molar-refractivity contribution is -0.165. The third-order valence-corrected chi connectivity index (χ3v) is 3.71. The quantitative estimate of drug-likeness (QED) is 0.793. The second kappa shape index (κ2) is 6.58. The largest absolute Gasteiger partial charge is 0.363 e. The van der Waals surface area contributed by atoms with Gasteiger partial charge in [0.05, 0.1) is 6.61 Å². The van der Waals surface area contributed by atoms with Crippen molar-refractivity contribution in [2.45, 2.75) is 19.1 Å². The fourth-order valence-electron chi connectivity index (χ4n) is 2.61. The van der Waals surface area contributed by atoms with E-state index in [-0.39, 0.29) is 5.91 Å². The molecular weight excluding hydrogens is 282 g/mol. The fraction of sp³-hybridized carbons (Fsp3) is 0.667. The molecule has 7 nitrogen and oxygen atoms in total. The van der Waals surface area contributed by atoms with Gasteiger partial charge in [-0.05, 0) is 6.92 Å². The summed E-state index contributed by atoms with van der Waals surface area (Å²) in [5, 5.41) is 0. The monoisotopic (exact) mass is 307 g/mol. The lowest BCUT2D eigenvalue weighted by Crippen LogP contribution is -2.57. The molecule has 0 spiro atoms. The number of hydrogen-bond donors (Lipinski definition) is 0. The minimum Gasteiger partial charge on any atom is -0.363 e. The standard InChI is InChI=1S/C15H25N5O2/c1-15(13(21)18(2)3)11-20(6-7-22-15)10-12-8-16-14(17-9-12)19(4)5/h8-9H,6-7,10-11H2,1-5H3. The normalized spacial score (nSPS) is 22.4. The van der Waals surface area contributed by atoms with Gasteiger partial charge in [-0.15, -0.1) is 0 Å². The number of likely N-dealkylation sites (N-methyl/N-ethyl adjacent to an activating group) is 1. The van der Waals surface area contributed by atoms with Crippen LogP contribution in [0, 0.1) is 0 Å². The van der Waals surface area contributed by atoms with E-state index in [0.29, 0.717) is 25.6 Å². The lowest BCUT2D eigenvalue weighted by atomic mass is 10.0. The van der Waals surface area contributed by atoms with Crippen molar-refractivity contribution in [3.05, 3.63) is 18.0 Å². The van der Waals surface area contributed by atoms with Crippen molar-refractivity contribution in [2.24, 2.45) is 0 Å². The van der Waals surface area contributed by atoms with Gasteiger partial charge in [0.25, 0.3) is 5.91 Å². The first kappa shape index (κ1) is 16.6. The molecule has 0 N–H and O–H groups in total. The molecule has 0 saturated carbocycles. The smallest absolute Gasteiger partial charge is 0.255 e. The fourth-order valence-corrected chi connectivity index (χ4v) is 2.61. The molecule has 0 aliphatic carbocycles. The SMILES string of the molecule is CN(C)C(=O)C1(C)CN(Cc2cnc(N(C)C)nc2)CCO1. The third-order valence-electron chi connectivity index (χ3n) is 3.71. The van der Waals surface area contributed by atoms with Crippen molar-refractivity contribution in [3.63, 3.8) is 0 Å². The second-order valence-corrected chi connectivity index (χ2v) is 6.28. The van der Waals surface area contributed by atoms with Gasteiger partial charge < -0.3 is 14.5 Å². The Kier molecular flexibility index (Phi) is 4.97. The highest BCUT2D eigenvalue weighted by atomic mass is 16.5. The van der Waals surface area contributed by atoms with Crippen LogP contribution in [0.2, 0.25) is 0 Å². The lowest BCUT2D eigenvalue weighted by Gasteiger charge is -2.40. The van der Waals surface area contributed by atoms with Crippen LogP contribution in [-0.4, -0.2) is 79.2 Å². The Morgan fingerprint density at radius 3 is 2.50 bits per heavy atom. The maximum absolute atomic E-state index is 12.3. The van der Waals surface area contributed by atoms with Gasteiger partial charge in [0.2, 0.25) is 5.95 Å². The molecule has 122 valence electrons. The summed E-state index contributed by atoms with van der Waals surface area (Å²) in [6.45, 7) is 4.48. The summed E-state index contributed by atoms with van der Waals surface area (Å²) in [6, 6.07) is 0. The van der Waals surface area contributed by atoms with Crippen LogP contribution in [0.4, 0.5) is 5.95 Å². The average molecular weight is 307 g/mol. The van der Waals surface area contributed by atoms with Crippen LogP contribution in [-0.2, 0) is 16.1 Å². The van der Waals surface area contributed by atoms with E-state index in [0.717, 1.165) is 12.1 Å². The molecule has 22 heavy (non-hydrogen) atoms. The van der Waals surface area contributed by atoms with Crippen LogP contribution in [0.5, 0.6) is 0 Å². The van der Waals surface area contributed by atoms with Crippen LogP contribution in [0.3, 0.4) is 0 Å². The molecule has 0 radical (unpaired) electrons. The molecule has 0 aromatic carbocycles. The first-order valence-corrected chi connectivity index (χ1v) is 7.38. The number of ether oxygens (including phenoxy) is 1. The van der Waals surface area contributed by atoms with Gasteiger partial charge in [-0.25, -0.2) is 9.97 Å². The minimum atomic E-state index is -0.786. The van der Waals surface area contributed by atoms with Crippen molar-refractivity contribution < 1.29 is 9.53 Å². The van der Waals surface area contributed by atoms with Crippen LogP contribution in [0.15, 0.2) is 12.4 Å². The van der Waals surface area contributed by atoms with Gasteiger partial charge >= 0.3 is 0 Å². The zero-order chi connectivity index (χ0) is 16.3. The maximum Gasteiger partial charge on any atom is 0.255 e. The van der Waals surface area contributed by atoms with E-state index in [2.05, 4.69) is 14.9 Å². The number of amides is 1. The Morgan fingerprint density at radius 2 is 1.95 bits per heavy atom. The first-order valence-electron chi connectivity index (χ1n) is 7.38. The maximum atomic E-state index is 12.3. The van der Waals surface area contributed by atoms with Crippen molar-refractivity contribution in [3.8, 4) is 0 Å². The van der Waals surface area contributed by atoms with Crippen LogP contribution < -0.4 is 4.90 Å². The van der Waals surface area contributed by atoms with E-state index in [9.17, 15) is 4.79 Å². The van der Waals surface area contributed by atoms with E-state index in [4.69, 9.17) is 4.74 Å². The van der Waals surface area contributed by atoms with Gasteiger partial charge in [-0.2, -0.15) is 0 Å². The number of nitrogens with zero attached hydrogens (tertiary/aromatic N) is 5. The number of carbonyl (C=O) groups is 1. The topological polar surface area (TPSA) is 61.8 Å². The Morgan fingerprint density at radius 1 is 1.32 bits per heavy atom. The number of hydrogen-bond acceptors (Lipinski definition) is 6. The highest BCUT2D eigenvalue weighted by Gasteiger charge is 2.40. The summed E-state index contributed by atoms with van der Waals surface area (Å²) in [7, 11) is 7.33. The zero-order valence-electron chi connectivity index (χ0n) is 14.0. The third kappa shape index (κ3) is 3.72. The average Bonchev–Trinajstić information content (AvgIpc) is 2.47. The van der Waals surface area contributed by atoms with Crippen molar-refractivity contribution in [2.75, 3.05) is 52.8 Å². The second-order valence-electron chi connectivity index (χ2n) is 6.28. The number of anilines is 1. The summed E-state index contributed by atoms with van der Waals surface area (Å²) in [4.78, 5) is 26.6. The van der Waals surface area contributed by atoms with E-state index in [1.165, 1.54) is 0 Å². The number of aromatic nitrogens is 2. The predicted octanol–water partition coefficient (Wildman–Crippen LogP) is 0.222. The van der Waals surface area contributed by atoms with Gasteiger partial charge in [0.15, 0.2) is 5.60 Å². The molecule has 0 bridgehead atoms. The number of carbonyl (C=O) groups excluding carboxylic acids is 1. The van der Waals surface area contributed by atoms with Gasteiger partial charge in [-0.1, -0.05) is 0 Å². The Hall–Kier alpha value is -1.73. The van der Waals surface area contributed by atoms with E-state index in [1.54, 1.807) is 19.0 Å². The molecule has 1 unspecified atom stereocenters. The molecule has 1 saturated heterocycles. The Balaban J connectivity index is 2.02. The van der Waals surface area contributed by atoms with Crippen molar-refractivity contribution in [1.82, 2.24) is 19.8 Å². The first-order chi connectivity index (χ1) is 10.3. The molecule has 1 aromatic heterocycles. The van der Waals surface area contributed by atoms with Crippen LogP contribution >= 0.6 is 0 Å². The molecule has 2 rings (SSSR count). The molecule has 2 heterocycles. The van der Waals surface area contributed by atoms with Crippen molar-refractivity contribution >= 4 is 11.9 Å². The summed E-state index contributed by atoms with van der Waals surface area (Å²) in [6.07, 6.45) is 3.67. The highest BCUT2D eigenvalue weighted by molar-refractivity contribution is 5.84. The molecule has 7 heteroatoms.